The summed E-state index contributed by atoms with van der Waals surface area (Å²) >= 11 is 0. The fourth-order valence-electron chi connectivity index (χ4n) is 1.58. The molecule has 3 heteroatoms. The van der Waals surface area contributed by atoms with Crippen molar-refractivity contribution in [3.63, 3.8) is 0 Å². The molecule has 1 aromatic carbocycles. The molecule has 0 spiro atoms. The van der Waals surface area contributed by atoms with E-state index in [0.29, 0.717) is 25.9 Å². The van der Waals surface area contributed by atoms with E-state index in [9.17, 15) is 4.79 Å². The van der Waals surface area contributed by atoms with Crippen LogP contribution in [0.4, 0.5) is 0 Å². The van der Waals surface area contributed by atoms with Crippen LogP contribution in [0.25, 0.3) is 0 Å². The van der Waals surface area contributed by atoms with Crippen LogP contribution in [0.3, 0.4) is 0 Å². The summed E-state index contributed by atoms with van der Waals surface area (Å²) in [6.45, 7) is 1.09. The van der Waals surface area contributed by atoms with E-state index in [-0.39, 0.29) is 5.91 Å². The van der Waals surface area contributed by atoms with Gasteiger partial charge in [0.05, 0.1) is 6.42 Å². The zero-order valence-electron chi connectivity index (χ0n) is 9.91. The molecule has 0 saturated heterocycles. The van der Waals surface area contributed by atoms with Crippen molar-refractivity contribution in [2.24, 2.45) is 5.73 Å². The summed E-state index contributed by atoms with van der Waals surface area (Å²) < 4.78 is 0. The minimum Gasteiger partial charge on any atom is -0.356 e. The fourth-order valence-corrected chi connectivity index (χ4v) is 1.58. The summed E-state index contributed by atoms with van der Waals surface area (Å²) in [4.78, 5) is 11.6. The molecule has 0 unspecified atom stereocenters. The molecule has 0 aliphatic heterocycles. The molecule has 0 radical (unpaired) electrons. The Hall–Kier alpha value is -1.79. The molecule has 17 heavy (non-hydrogen) atoms. The van der Waals surface area contributed by atoms with Gasteiger partial charge in [-0.1, -0.05) is 24.3 Å². The van der Waals surface area contributed by atoms with Gasteiger partial charge in [-0.3, -0.25) is 4.79 Å². The first kappa shape index (κ1) is 13.3. The monoisotopic (exact) mass is 230 g/mol. The van der Waals surface area contributed by atoms with Crippen LogP contribution >= 0.6 is 0 Å². The lowest BCUT2D eigenvalue weighted by Gasteiger charge is -2.08. The van der Waals surface area contributed by atoms with Gasteiger partial charge in [-0.2, -0.15) is 0 Å². The smallest absolute Gasteiger partial charge is 0.224 e. The lowest BCUT2D eigenvalue weighted by Crippen LogP contribution is -2.26. The minimum absolute atomic E-state index is 0.0166. The molecule has 3 nitrogen and oxygen atoms in total. The van der Waals surface area contributed by atoms with Crippen molar-refractivity contribution < 1.29 is 4.79 Å². The lowest BCUT2D eigenvalue weighted by atomic mass is 10.0. The highest BCUT2D eigenvalue weighted by Crippen LogP contribution is 2.08. The number of rotatable bonds is 6. The van der Waals surface area contributed by atoms with Crippen LogP contribution in [0.5, 0.6) is 0 Å². The molecule has 0 bridgehead atoms. The van der Waals surface area contributed by atoms with Crippen LogP contribution in [-0.4, -0.2) is 12.5 Å². The third-order valence-corrected chi connectivity index (χ3v) is 2.51. The molecule has 0 aromatic heterocycles. The number of terminal acetylenes is 1. The number of carbonyl (C=O) groups is 1. The van der Waals surface area contributed by atoms with E-state index in [1.165, 1.54) is 0 Å². The first-order valence-corrected chi connectivity index (χ1v) is 5.75. The summed E-state index contributed by atoms with van der Waals surface area (Å²) in [7, 11) is 0. The number of unbranched alkanes of at least 4 members (excludes halogenated alkanes) is 1. The summed E-state index contributed by atoms with van der Waals surface area (Å²) in [6, 6.07) is 7.72. The number of benzene rings is 1. The van der Waals surface area contributed by atoms with E-state index < -0.39 is 0 Å². The van der Waals surface area contributed by atoms with Crippen LogP contribution in [0.2, 0.25) is 0 Å². The second kappa shape index (κ2) is 7.48. The molecular formula is C14H18N2O. The van der Waals surface area contributed by atoms with E-state index in [4.69, 9.17) is 12.2 Å². The number of carbonyl (C=O) groups excluding carboxylic acids is 1. The van der Waals surface area contributed by atoms with Crippen LogP contribution in [0.1, 0.15) is 24.0 Å². The number of nitrogens with one attached hydrogen (secondary N) is 1. The van der Waals surface area contributed by atoms with Gasteiger partial charge in [-0.25, -0.2) is 0 Å². The zero-order valence-corrected chi connectivity index (χ0v) is 9.91. The highest BCUT2D eigenvalue weighted by Gasteiger charge is 2.05. The molecule has 0 atom stereocenters. The minimum atomic E-state index is 0.0166. The molecule has 1 aromatic rings. The normalized spacial score (nSPS) is 9.65. The van der Waals surface area contributed by atoms with Gasteiger partial charge < -0.3 is 11.1 Å². The molecule has 0 aliphatic carbocycles. The Bertz CT molecular complexity index is 407. The molecule has 3 N–H and O–H groups in total. The molecule has 0 aliphatic rings. The number of hydrogen-bond acceptors (Lipinski definition) is 2. The van der Waals surface area contributed by atoms with Crippen LogP contribution in [0, 0.1) is 12.3 Å². The van der Waals surface area contributed by atoms with Crippen LogP contribution in [-0.2, 0) is 17.8 Å². The first-order chi connectivity index (χ1) is 8.27. The van der Waals surface area contributed by atoms with E-state index in [1.54, 1.807) is 0 Å². The Morgan fingerprint density at radius 1 is 1.35 bits per heavy atom. The van der Waals surface area contributed by atoms with Gasteiger partial charge in [-0.15, -0.1) is 12.3 Å². The van der Waals surface area contributed by atoms with Gasteiger partial charge in [0.2, 0.25) is 5.91 Å². The average molecular weight is 230 g/mol. The number of amides is 1. The fraction of sp³-hybridized carbons (Fsp3) is 0.357. The van der Waals surface area contributed by atoms with Crippen LogP contribution < -0.4 is 11.1 Å². The van der Waals surface area contributed by atoms with Crippen molar-refractivity contribution in [1.29, 1.82) is 0 Å². The van der Waals surface area contributed by atoms with Crippen molar-refractivity contribution in [2.75, 3.05) is 6.54 Å². The Balaban J connectivity index is 2.42. The lowest BCUT2D eigenvalue weighted by molar-refractivity contribution is -0.120. The van der Waals surface area contributed by atoms with Gasteiger partial charge in [0, 0.05) is 19.5 Å². The molecule has 1 rings (SSSR count). The van der Waals surface area contributed by atoms with Gasteiger partial charge in [-0.05, 0) is 17.5 Å². The largest absolute Gasteiger partial charge is 0.356 e. The predicted octanol–water partition coefficient (Wildman–Crippen LogP) is 1.22. The van der Waals surface area contributed by atoms with Crippen LogP contribution in [0.15, 0.2) is 24.3 Å². The Morgan fingerprint density at radius 3 is 2.71 bits per heavy atom. The Labute approximate surface area is 102 Å². The second-order valence-electron chi connectivity index (χ2n) is 3.81. The van der Waals surface area contributed by atoms with E-state index in [1.807, 2.05) is 24.3 Å². The maximum absolute atomic E-state index is 11.6. The summed E-state index contributed by atoms with van der Waals surface area (Å²) in [5.74, 6) is 2.56. The van der Waals surface area contributed by atoms with E-state index >= 15 is 0 Å². The van der Waals surface area contributed by atoms with Crippen molar-refractivity contribution in [1.82, 2.24) is 5.32 Å². The molecular weight excluding hydrogens is 212 g/mol. The molecule has 1 amide bonds. The van der Waals surface area contributed by atoms with Gasteiger partial charge >= 0.3 is 0 Å². The topological polar surface area (TPSA) is 55.1 Å². The molecule has 90 valence electrons. The Kier molecular flexibility index (Phi) is 5.84. The number of nitrogens with two attached hydrogens (primary N) is 1. The van der Waals surface area contributed by atoms with Gasteiger partial charge in [0.1, 0.15) is 0 Å². The van der Waals surface area contributed by atoms with Crippen molar-refractivity contribution in [3.05, 3.63) is 35.4 Å². The third-order valence-electron chi connectivity index (χ3n) is 2.51. The van der Waals surface area contributed by atoms with E-state index in [0.717, 1.165) is 17.5 Å². The van der Waals surface area contributed by atoms with Crippen molar-refractivity contribution in [3.8, 4) is 12.3 Å². The molecule has 0 saturated carbocycles. The SMILES string of the molecule is C#CCCCNC(=O)Cc1ccccc1CN. The van der Waals surface area contributed by atoms with Crippen molar-refractivity contribution >= 4 is 5.91 Å². The third kappa shape index (κ3) is 4.71. The standard InChI is InChI=1S/C14H18N2O/c1-2-3-6-9-16-14(17)10-12-7-4-5-8-13(12)11-15/h1,4-5,7-8H,3,6,9-11,15H2,(H,16,17). The van der Waals surface area contributed by atoms with Crippen molar-refractivity contribution in [2.45, 2.75) is 25.8 Å². The quantitative estimate of drug-likeness (QED) is 0.570. The average Bonchev–Trinajstić information content (AvgIpc) is 2.35. The zero-order chi connectivity index (χ0) is 12.5. The highest BCUT2D eigenvalue weighted by atomic mass is 16.1. The second-order valence-corrected chi connectivity index (χ2v) is 3.81. The van der Waals surface area contributed by atoms with Gasteiger partial charge in [0.25, 0.3) is 0 Å². The van der Waals surface area contributed by atoms with Gasteiger partial charge in [0.15, 0.2) is 0 Å². The predicted molar refractivity (Wildman–Crippen MR) is 69.1 cm³/mol. The highest BCUT2D eigenvalue weighted by molar-refractivity contribution is 5.78. The summed E-state index contributed by atoms with van der Waals surface area (Å²) in [6.07, 6.45) is 7.02. The Morgan fingerprint density at radius 2 is 2.06 bits per heavy atom. The molecule has 0 heterocycles. The maximum atomic E-state index is 11.6. The van der Waals surface area contributed by atoms with E-state index in [2.05, 4.69) is 11.2 Å². The number of hydrogen-bond donors (Lipinski definition) is 2. The summed E-state index contributed by atoms with van der Waals surface area (Å²) in [5, 5.41) is 2.84. The molecule has 0 fully saturated rings. The summed E-state index contributed by atoms with van der Waals surface area (Å²) in [5.41, 5.74) is 7.62. The maximum Gasteiger partial charge on any atom is 0.224 e. The first-order valence-electron chi connectivity index (χ1n) is 5.75.